The van der Waals surface area contributed by atoms with Crippen molar-refractivity contribution in [1.82, 2.24) is 58.1 Å². The summed E-state index contributed by atoms with van der Waals surface area (Å²) in [5.74, 6) is 0.0736. The molecule has 6 aromatic rings. The molecule has 0 spiro atoms. The number of nitrogen functional groups attached to an aromatic ring is 3. The average molecular weight is 1090 g/mol. The number of nitrogens with two attached hydrogens (primary N) is 3. The average Bonchev–Trinajstić information content (AvgIpc) is 4.04. The Bertz CT molecular complexity index is 3040. The first-order valence-electron chi connectivity index (χ1n) is 20.4. The van der Waals surface area contributed by atoms with Crippen LogP contribution in [-0.2, 0) is 43.5 Å². The summed E-state index contributed by atoms with van der Waals surface area (Å²) in [7, 11) is -4.31. The topological polar surface area (TPSA) is 511 Å². The smallest absolute Gasteiger partial charge is 0.350 e. The number of aliphatic hydroxyl groups is 6. The van der Waals surface area contributed by atoms with Crippen LogP contribution in [0.3, 0.4) is 0 Å². The zero-order chi connectivity index (χ0) is 52.4. The lowest BCUT2D eigenvalue weighted by molar-refractivity contribution is -0.0488. The largest absolute Gasteiger partial charge is 0.394 e. The molecule has 0 bridgehead atoms. The number of H-pyrrole nitrogens is 3. The molecular formula is C36H51BrN15O18P. The van der Waals surface area contributed by atoms with Crippen molar-refractivity contribution in [1.29, 1.82) is 0 Å². The molecule has 35 heteroatoms. The lowest BCUT2D eigenvalue weighted by Gasteiger charge is -2.16. The zero-order valence-electron chi connectivity index (χ0n) is 36.9. The van der Waals surface area contributed by atoms with E-state index in [0.717, 1.165) is 4.57 Å². The fraction of sp³-hybridized carbons (Fsp3) is 0.444. The molecule has 0 unspecified atom stereocenters. The summed E-state index contributed by atoms with van der Waals surface area (Å²) in [5.41, 5.74) is 14.9. The highest BCUT2D eigenvalue weighted by atomic mass is 79.9. The number of aromatic nitrogens is 12. The molecule has 7 heterocycles. The molecule has 7 rings (SSSR count). The Kier molecular flexibility index (Phi) is 22.0. The molecular weight excluding hydrogens is 1040 g/mol. The van der Waals surface area contributed by atoms with Crippen LogP contribution >= 0.6 is 23.5 Å². The van der Waals surface area contributed by atoms with Crippen molar-refractivity contribution >= 4 is 69.6 Å². The van der Waals surface area contributed by atoms with Crippen LogP contribution in [0.15, 0.2) is 60.1 Å². The Morgan fingerprint density at radius 3 is 1.93 bits per heavy atom. The molecule has 0 amide bonds. The third-order valence-electron chi connectivity index (χ3n) is 9.22. The van der Waals surface area contributed by atoms with Crippen LogP contribution in [0.25, 0.3) is 28.4 Å². The van der Waals surface area contributed by atoms with Gasteiger partial charge in [0, 0.05) is 18.8 Å². The number of rotatable bonds is 18. The number of aliphatic hydroxyl groups excluding tert-OH is 6. The minimum atomic E-state index is -4.31. The van der Waals surface area contributed by atoms with Gasteiger partial charge in [0.25, 0.3) is 16.7 Å². The standard InChI is InChI=1S/C11H13BrN2O5.C9H13N5O4.C8H11N5O3.C8H14N3O6P/c12-2-1-6-4-14(11(18)13-10(6)17)9-3-7(16)8(5-15)19-9;10-9-12-7-6(8(17)13-9)11-3-14(7)4-18-5(1-15)2-16;9-8-11-6-5(7(15)12-8)10-3-13(6)4-16-2-1-14;9-7-1-2-11(8(13)10-7)3-6(4-12)17-5-18(14,15)16/h1-2,4,7-9,15-16H,3,5H2,(H,13,17,18);3,5,15-16H,1-2,4H2,(H3,10,12,13,17);3,14H,1-2,4H2,(H3,9,11,12,15);1-2,6,12H,3-5H2,(H2,9,10,13)(H2,14,15,16)/b2-1+;;;/t7-,8+,9+;;;6-/m0..0/s1. The van der Waals surface area contributed by atoms with Crippen molar-refractivity contribution in [3.05, 3.63) is 93.7 Å². The van der Waals surface area contributed by atoms with Gasteiger partial charge in [0.15, 0.2) is 22.3 Å². The minimum Gasteiger partial charge on any atom is -0.394 e. The van der Waals surface area contributed by atoms with Crippen molar-refractivity contribution in [3.8, 4) is 0 Å². The highest BCUT2D eigenvalue weighted by molar-refractivity contribution is 9.11. The number of hydrogen-bond acceptors (Lipinski definition) is 24. The maximum atomic E-state index is 11.7. The van der Waals surface area contributed by atoms with Crippen LogP contribution in [0.4, 0.5) is 17.7 Å². The molecule has 1 aliphatic heterocycles. The molecule has 17 N–H and O–H groups in total. The highest BCUT2D eigenvalue weighted by Crippen LogP contribution is 2.34. The van der Waals surface area contributed by atoms with Crippen LogP contribution < -0.4 is 45.3 Å². The second-order valence-corrected chi connectivity index (χ2v) is 16.5. The van der Waals surface area contributed by atoms with Gasteiger partial charge in [-0.2, -0.15) is 15.0 Å². The third-order valence-corrected chi connectivity index (χ3v) is 9.97. The third kappa shape index (κ3) is 16.9. The number of nitrogens with one attached hydrogen (secondary N) is 3. The lowest BCUT2D eigenvalue weighted by Crippen LogP contribution is -2.33. The zero-order valence-corrected chi connectivity index (χ0v) is 39.4. The lowest BCUT2D eigenvalue weighted by atomic mass is 10.2. The Hall–Kier alpha value is -6.37. The monoisotopic (exact) mass is 1090 g/mol. The predicted octanol–water partition coefficient (Wildman–Crippen LogP) is -5.42. The highest BCUT2D eigenvalue weighted by Gasteiger charge is 2.35. The molecule has 0 aromatic carbocycles. The molecule has 71 heavy (non-hydrogen) atoms. The molecule has 33 nitrogen and oxygen atoms in total. The van der Waals surface area contributed by atoms with Crippen molar-refractivity contribution in [2.75, 3.05) is 63.2 Å². The van der Waals surface area contributed by atoms with Crippen LogP contribution in [-0.4, -0.2) is 169 Å². The van der Waals surface area contributed by atoms with E-state index in [9.17, 15) is 33.6 Å². The fourth-order valence-electron chi connectivity index (χ4n) is 5.82. The Balaban J connectivity index is 0.000000206. The molecule has 390 valence electrons. The van der Waals surface area contributed by atoms with E-state index in [1.165, 1.54) is 55.9 Å². The molecule has 0 radical (unpaired) electrons. The van der Waals surface area contributed by atoms with Gasteiger partial charge in [-0.1, -0.05) is 15.9 Å². The fourth-order valence-corrected chi connectivity index (χ4v) is 6.51. The van der Waals surface area contributed by atoms with Gasteiger partial charge >= 0.3 is 19.0 Å². The quantitative estimate of drug-likeness (QED) is 0.0282. The van der Waals surface area contributed by atoms with E-state index in [4.69, 9.17) is 71.5 Å². The molecule has 6 aromatic heterocycles. The van der Waals surface area contributed by atoms with Crippen molar-refractivity contribution in [3.63, 3.8) is 0 Å². The Morgan fingerprint density at radius 1 is 0.831 bits per heavy atom. The van der Waals surface area contributed by atoms with Crippen LogP contribution in [0, 0.1) is 0 Å². The number of nitrogens with zero attached hydrogens (tertiary/aromatic N) is 9. The van der Waals surface area contributed by atoms with Gasteiger partial charge in [-0.3, -0.25) is 52.2 Å². The number of halogens is 1. The van der Waals surface area contributed by atoms with Gasteiger partial charge < -0.3 is 76.6 Å². The second-order valence-electron chi connectivity index (χ2n) is 14.4. The first-order chi connectivity index (χ1) is 33.7. The SMILES string of the molecule is Nc1ccn(C[C@@H](CO)OCP(=O)(O)O)c(=O)n1.Nc1nc2c(ncn2COC(CO)CO)c(=O)[nH]1.Nc1nc2c(ncn2COCCO)c(=O)[nH]1.O=c1[nH]c(=O)n([C@H]2C[C@H](O)[C@@H](CO)O2)cc1/C=C/Br. The minimum absolute atomic E-state index is 0.00181. The normalized spacial score (nSPS) is 16.1. The maximum absolute atomic E-state index is 11.7. The van der Waals surface area contributed by atoms with Crippen LogP contribution in [0.1, 0.15) is 18.2 Å². The van der Waals surface area contributed by atoms with Crippen molar-refractivity contribution < 1.29 is 63.9 Å². The summed E-state index contributed by atoms with van der Waals surface area (Å²) >= 11 is 3.05. The number of anilines is 3. The van der Waals surface area contributed by atoms with E-state index in [1.807, 2.05) is 0 Å². The van der Waals surface area contributed by atoms with Crippen LogP contribution in [0.5, 0.6) is 0 Å². The van der Waals surface area contributed by atoms with Gasteiger partial charge in [-0.15, -0.1) is 0 Å². The molecule has 0 saturated carbocycles. The molecule has 1 aliphatic rings. The predicted molar refractivity (Wildman–Crippen MR) is 250 cm³/mol. The van der Waals surface area contributed by atoms with E-state index < -0.39 is 73.7 Å². The van der Waals surface area contributed by atoms with Gasteiger partial charge in [0.1, 0.15) is 44.1 Å². The molecule has 1 fully saturated rings. The first kappa shape index (κ1) is 57.2. The van der Waals surface area contributed by atoms with Gasteiger partial charge in [-0.05, 0) is 17.1 Å². The molecule has 4 atom stereocenters. The number of ether oxygens (including phenoxy) is 4. The molecule has 0 aliphatic carbocycles. The van der Waals surface area contributed by atoms with E-state index in [-0.39, 0.29) is 105 Å². The van der Waals surface area contributed by atoms with Crippen molar-refractivity contribution in [2.45, 2.75) is 57.1 Å². The summed E-state index contributed by atoms with van der Waals surface area (Å²) < 4.78 is 36.4. The summed E-state index contributed by atoms with van der Waals surface area (Å²) in [6, 6.07) is 1.39. The van der Waals surface area contributed by atoms with Gasteiger partial charge in [-0.25, -0.2) is 19.6 Å². The van der Waals surface area contributed by atoms with E-state index in [2.05, 4.69) is 55.8 Å². The summed E-state index contributed by atoms with van der Waals surface area (Å²) in [5, 5.41) is 53.9. The van der Waals surface area contributed by atoms with E-state index >= 15 is 0 Å². The number of hydrogen-bond donors (Lipinski definition) is 14. The number of imidazole rings is 2. The summed E-state index contributed by atoms with van der Waals surface area (Å²) in [4.78, 5) is 102. The summed E-state index contributed by atoms with van der Waals surface area (Å²) in [6.45, 7) is -1.21. The second kappa shape index (κ2) is 27.3. The van der Waals surface area contributed by atoms with Crippen molar-refractivity contribution in [2.24, 2.45) is 0 Å². The van der Waals surface area contributed by atoms with E-state index in [1.54, 1.807) is 0 Å². The van der Waals surface area contributed by atoms with Gasteiger partial charge in [0.05, 0.1) is 76.6 Å². The van der Waals surface area contributed by atoms with E-state index in [0.29, 0.717) is 5.65 Å². The first-order valence-corrected chi connectivity index (χ1v) is 23.1. The van der Waals surface area contributed by atoms with Crippen LogP contribution in [0.2, 0.25) is 0 Å². The Labute approximate surface area is 404 Å². The molecule has 1 saturated heterocycles. The summed E-state index contributed by atoms with van der Waals surface area (Å²) in [6.07, 6.45) is 2.48. The number of fused-ring (bicyclic) bond motifs is 2. The maximum Gasteiger partial charge on any atom is 0.350 e. The van der Waals surface area contributed by atoms with Gasteiger partial charge in [0.2, 0.25) is 11.9 Å². The number of aromatic amines is 3. The Morgan fingerprint density at radius 2 is 1.42 bits per heavy atom.